The maximum Gasteiger partial charge on any atom is 0.410 e. The van der Waals surface area contributed by atoms with Crippen molar-refractivity contribution in [3.05, 3.63) is 29.8 Å². The van der Waals surface area contributed by atoms with Crippen LogP contribution in [-0.2, 0) is 25.4 Å². The van der Waals surface area contributed by atoms with Crippen molar-refractivity contribution >= 4 is 12.1 Å². The highest BCUT2D eigenvalue weighted by atomic mass is 19.4. The third-order valence-corrected chi connectivity index (χ3v) is 4.47. The molecule has 1 aromatic rings. The summed E-state index contributed by atoms with van der Waals surface area (Å²) in [6, 6.07) is 6.87. The number of amides is 1. The Morgan fingerprint density at radius 2 is 1.71 bits per heavy atom. The highest BCUT2D eigenvalue weighted by Gasteiger charge is 2.26. The number of benzene rings is 1. The summed E-state index contributed by atoms with van der Waals surface area (Å²) in [5, 5.41) is 9.18. The molecule has 0 aliphatic carbocycles. The van der Waals surface area contributed by atoms with Gasteiger partial charge in [0, 0.05) is 32.6 Å². The van der Waals surface area contributed by atoms with E-state index < -0.39 is 30.8 Å². The number of nitrogens with zero attached hydrogens (tertiary/aromatic N) is 1. The molecule has 0 fully saturated rings. The second-order valence-electron chi connectivity index (χ2n) is 7.73. The quantitative estimate of drug-likeness (QED) is 0.343. The highest BCUT2D eigenvalue weighted by Crippen LogP contribution is 2.21. The SMILES string of the molecule is CCOC(Cc1ccc(OCCN(CCOCCCC(F)(F)F)C(=O)OC(C)C)cc1)C(=O)O. The fourth-order valence-electron chi connectivity index (χ4n) is 2.85. The van der Waals surface area contributed by atoms with Crippen LogP contribution in [0.1, 0.15) is 39.2 Å². The van der Waals surface area contributed by atoms with Crippen LogP contribution in [-0.4, -0.2) is 80.0 Å². The van der Waals surface area contributed by atoms with Gasteiger partial charge in [-0.05, 0) is 44.9 Å². The molecule has 1 rings (SSSR count). The molecule has 0 heterocycles. The summed E-state index contributed by atoms with van der Waals surface area (Å²) in [5.41, 5.74) is 0.776. The first-order valence-corrected chi connectivity index (χ1v) is 11.2. The Kier molecular flexibility index (Phi) is 13.4. The Morgan fingerprint density at radius 3 is 2.26 bits per heavy atom. The van der Waals surface area contributed by atoms with E-state index in [0.717, 1.165) is 5.56 Å². The van der Waals surface area contributed by atoms with E-state index in [2.05, 4.69) is 0 Å². The van der Waals surface area contributed by atoms with E-state index in [4.69, 9.17) is 18.9 Å². The molecule has 0 saturated heterocycles. The second-order valence-corrected chi connectivity index (χ2v) is 7.73. The molecule has 0 bridgehead atoms. The van der Waals surface area contributed by atoms with Gasteiger partial charge < -0.3 is 29.0 Å². The Morgan fingerprint density at radius 1 is 1.06 bits per heavy atom. The molecule has 0 aliphatic heterocycles. The smallest absolute Gasteiger partial charge is 0.410 e. The molecule has 1 unspecified atom stereocenters. The van der Waals surface area contributed by atoms with Crippen molar-refractivity contribution < 1.29 is 46.8 Å². The number of hydrogen-bond acceptors (Lipinski definition) is 6. The average molecular weight is 494 g/mol. The van der Waals surface area contributed by atoms with Crippen LogP contribution in [0.4, 0.5) is 18.0 Å². The number of carbonyl (C=O) groups is 2. The molecular weight excluding hydrogens is 459 g/mol. The van der Waals surface area contributed by atoms with Gasteiger partial charge in [0.05, 0.1) is 19.3 Å². The predicted octanol–water partition coefficient (Wildman–Crippen LogP) is 4.30. The van der Waals surface area contributed by atoms with Gasteiger partial charge in [0.15, 0.2) is 6.10 Å². The summed E-state index contributed by atoms with van der Waals surface area (Å²) >= 11 is 0. The lowest BCUT2D eigenvalue weighted by molar-refractivity contribution is -0.150. The van der Waals surface area contributed by atoms with E-state index in [9.17, 15) is 27.9 Å². The Bertz CT molecular complexity index is 726. The normalized spacial score (nSPS) is 12.4. The zero-order valence-electron chi connectivity index (χ0n) is 19.8. The largest absolute Gasteiger partial charge is 0.492 e. The summed E-state index contributed by atoms with van der Waals surface area (Å²) in [6.07, 6.45) is -6.87. The van der Waals surface area contributed by atoms with Crippen molar-refractivity contribution in [1.29, 1.82) is 0 Å². The number of alkyl halides is 3. The molecule has 0 radical (unpaired) electrons. The van der Waals surface area contributed by atoms with Gasteiger partial charge in [0.2, 0.25) is 0 Å². The van der Waals surface area contributed by atoms with Crippen molar-refractivity contribution in [2.45, 2.75) is 58.4 Å². The van der Waals surface area contributed by atoms with E-state index >= 15 is 0 Å². The van der Waals surface area contributed by atoms with Crippen LogP contribution in [0.3, 0.4) is 0 Å². The van der Waals surface area contributed by atoms with Gasteiger partial charge in [-0.25, -0.2) is 9.59 Å². The molecule has 0 spiro atoms. The third kappa shape index (κ3) is 13.2. The monoisotopic (exact) mass is 493 g/mol. The Balaban J connectivity index is 2.50. The van der Waals surface area contributed by atoms with E-state index in [1.54, 1.807) is 45.0 Å². The third-order valence-electron chi connectivity index (χ3n) is 4.47. The van der Waals surface area contributed by atoms with Gasteiger partial charge in [-0.3, -0.25) is 0 Å². The summed E-state index contributed by atoms with van der Waals surface area (Å²) in [7, 11) is 0. The van der Waals surface area contributed by atoms with Gasteiger partial charge in [-0.1, -0.05) is 12.1 Å². The number of carboxylic acids is 1. The fourth-order valence-corrected chi connectivity index (χ4v) is 2.85. The van der Waals surface area contributed by atoms with Crippen molar-refractivity contribution in [1.82, 2.24) is 4.90 Å². The van der Waals surface area contributed by atoms with Gasteiger partial charge in [0.25, 0.3) is 0 Å². The van der Waals surface area contributed by atoms with Gasteiger partial charge in [0.1, 0.15) is 12.4 Å². The maximum atomic E-state index is 12.3. The molecular formula is C23H34F3NO7. The van der Waals surface area contributed by atoms with Crippen LogP contribution in [0.25, 0.3) is 0 Å². The number of halogens is 3. The minimum Gasteiger partial charge on any atom is -0.492 e. The molecule has 1 N–H and O–H groups in total. The molecule has 0 aliphatic rings. The summed E-state index contributed by atoms with van der Waals surface area (Å²) in [5.74, 6) is -0.493. The summed E-state index contributed by atoms with van der Waals surface area (Å²) in [6.45, 7) is 5.95. The van der Waals surface area contributed by atoms with E-state index in [1.807, 2.05) is 0 Å². The number of carboxylic acid groups (broad SMARTS) is 1. The lowest BCUT2D eigenvalue weighted by Gasteiger charge is -2.23. The standard InChI is InChI=1S/C23H34F3NO7/c1-4-32-20(21(28)29)16-18-6-8-19(9-7-18)33-15-12-27(22(30)34-17(2)3)11-14-31-13-5-10-23(24,25)26/h6-9,17,20H,4-5,10-16H2,1-3H3,(H,28,29). The van der Waals surface area contributed by atoms with Crippen LogP contribution in [0.5, 0.6) is 5.75 Å². The molecule has 1 atom stereocenters. The minimum atomic E-state index is -4.22. The number of carbonyl (C=O) groups excluding carboxylic acids is 1. The highest BCUT2D eigenvalue weighted by molar-refractivity contribution is 5.72. The van der Waals surface area contributed by atoms with Crippen molar-refractivity contribution in [3.8, 4) is 5.75 Å². The van der Waals surface area contributed by atoms with E-state index in [1.165, 1.54) is 4.90 Å². The Hall–Kier alpha value is -2.53. The Labute approximate surface area is 197 Å². The molecule has 1 amide bonds. The number of aliphatic carboxylic acids is 1. The lowest BCUT2D eigenvalue weighted by Crippen LogP contribution is -2.38. The molecule has 194 valence electrons. The number of ether oxygens (including phenoxy) is 4. The zero-order chi connectivity index (χ0) is 25.6. The van der Waals surface area contributed by atoms with Crippen LogP contribution < -0.4 is 4.74 Å². The lowest BCUT2D eigenvalue weighted by atomic mass is 10.1. The molecule has 0 saturated carbocycles. The first-order valence-electron chi connectivity index (χ1n) is 11.2. The molecule has 1 aromatic carbocycles. The minimum absolute atomic E-state index is 0.0541. The second kappa shape index (κ2) is 15.4. The molecule has 0 aromatic heterocycles. The first-order chi connectivity index (χ1) is 16.0. The molecule has 34 heavy (non-hydrogen) atoms. The van der Waals surface area contributed by atoms with Crippen LogP contribution >= 0.6 is 0 Å². The van der Waals surface area contributed by atoms with E-state index in [-0.39, 0.29) is 51.9 Å². The van der Waals surface area contributed by atoms with Gasteiger partial charge in [-0.2, -0.15) is 13.2 Å². The summed E-state index contributed by atoms with van der Waals surface area (Å²) < 4.78 is 57.8. The average Bonchev–Trinajstić information content (AvgIpc) is 2.74. The van der Waals surface area contributed by atoms with Crippen molar-refractivity contribution in [2.24, 2.45) is 0 Å². The molecule has 8 nitrogen and oxygen atoms in total. The first kappa shape index (κ1) is 29.5. The topological polar surface area (TPSA) is 94.5 Å². The molecule has 11 heteroatoms. The van der Waals surface area contributed by atoms with Gasteiger partial charge >= 0.3 is 18.2 Å². The van der Waals surface area contributed by atoms with Gasteiger partial charge in [-0.15, -0.1) is 0 Å². The van der Waals surface area contributed by atoms with Crippen LogP contribution in [0, 0.1) is 0 Å². The number of hydrogen-bond donors (Lipinski definition) is 1. The van der Waals surface area contributed by atoms with E-state index in [0.29, 0.717) is 12.4 Å². The fraction of sp³-hybridized carbons (Fsp3) is 0.652. The number of rotatable bonds is 16. The van der Waals surface area contributed by atoms with Crippen molar-refractivity contribution in [3.63, 3.8) is 0 Å². The van der Waals surface area contributed by atoms with Crippen LogP contribution in [0.2, 0.25) is 0 Å². The van der Waals surface area contributed by atoms with Crippen LogP contribution in [0.15, 0.2) is 24.3 Å². The maximum absolute atomic E-state index is 12.3. The summed E-state index contributed by atoms with van der Waals surface area (Å²) in [4.78, 5) is 24.9. The zero-order valence-corrected chi connectivity index (χ0v) is 19.8. The predicted molar refractivity (Wildman–Crippen MR) is 118 cm³/mol. The van der Waals surface area contributed by atoms with Crippen molar-refractivity contribution in [2.75, 3.05) is 39.5 Å².